The minimum atomic E-state index is -0.0716. The smallest absolute Gasteiger partial charge is 0.239 e. The summed E-state index contributed by atoms with van der Waals surface area (Å²) < 4.78 is 0. The molecule has 5 nitrogen and oxygen atoms in total. The highest BCUT2D eigenvalue weighted by atomic mass is 16.2. The van der Waals surface area contributed by atoms with Crippen molar-refractivity contribution in [2.75, 3.05) is 13.1 Å². The second-order valence-corrected chi connectivity index (χ2v) is 5.61. The average Bonchev–Trinajstić information content (AvgIpc) is 2.67. The summed E-state index contributed by atoms with van der Waals surface area (Å²) in [6.45, 7) is 9.38. The maximum atomic E-state index is 12.1. The Labute approximate surface area is 116 Å². The highest BCUT2D eigenvalue weighted by molar-refractivity contribution is 5.84. The summed E-state index contributed by atoms with van der Waals surface area (Å²) >= 11 is 0. The molecule has 110 valence electrons. The van der Waals surface area contributed by atoms with Crippen molar-refractivity contribution < 1.29 is 9.59 Å². The number of carbonyl (C=O) groups excluding carboxylic acids is 2. The summed E-state index contributed by atoms with van der Waals surface area (Å²) in [4.78, 5) is 25.5. The molecule has 0 aromatic heterocycles. The molecule has 0 bridgehead atoms. The largest absolute Gasteiger partial charge is 0.354 e. The lowest BCUT2D eigenvalue weighted by Gasteiger charge is -2.19. The van der Waals surface area contributed by atoms with Crippen LogP contribution in [0.2, 0.25) is 0 Å². The molecule has 5 heteroatoms. The standard InChI is InChI=1S/C14H27N3O2/c1-5-11(4)16-13(18)7-9-17-8-6-12(14(17)19)15-10(2)3/h10-12,15H,5-9H2,1-4H3,(H,16,18). The van der Waals surface area contributed by atoms with Crippen LogP contribution in [-0.4, -0.2) is 47.9 Å². The van der Waals surface area contributed by atoms with Gasteiger partial charge in [0.15, 0.2) is 0 Å². The fraction of sp³-hybridized carbons (Fsp3) is 0.857. The van der Waals surface area contributed by atoms with Crippen molar-refractivity contribution in [1.82, 2.24) is 15.5 Å². The molecule has 2 amide bonds. The molecule has 0 saturated carbocycles. The van der Waals surface area contributed by atoms with Gasteiger partial charge in [-0.25, -0.2) is 0 Å². The van der Waals surface area contributed by atoms with Crippen molar-refractivity contribution in [3.05, 3.63) is 0 Å². The molecule has 2 unspecified atom stereocenters. The van der Waals surface area contributed by atoms with E-state index in [9.17, 15) is 9.59 Å². The lowest BCUT2D eigenvalue weighted by atomic mass is 10.2. The number of carbonyl (C=O) groups is 2. The van der Waals surface area contributed by atoms with Crippen LogP contribution >= 0.6 is 0 Å². The quantitative estimate of drug-likeness (QED) is 0.721. The van der Waals surface area contributed by atoms with E-state index in [1.54, 1.807) is 4.90 Å². The van der Waals surface area contributed by atoms with E-state index in [-0.39, 0.29) is 23.9 Å². The Morgan fingerprint density at radius 3 is 2.68 bits per heavy atom. The first-order valence-corrected chi connectivity index (χ1v) is 7.28. The van der Waals surface area contributed by atoms with Gasteiger partial charge in [0.05, 0.1) is 6.04 Å². The van der Waals surface area contributed by atoms with Gasteiger partial charge in [-0.1, -0.05) is 20.8 Å². The molecule has 19 heavy (non-hydrogen) atoms. The molecular weight excluding hydrogens is 242 g/mol. The highest BCUT2D eigenvalue weighted by Gasteiger charge is 2.31. The summed E-state index contributed by atoms with van der Waals surface area (Å²) in [6, 6.07) is 0.442. The lowest BCUT2D eigenvalue weighted by molar-refractivity contribution is -0.130. The van der Waals surface area contributed by atoms with Crippen molar-refractivity contribution in [3.8, 4) is 0 Å². The van der Waals surface area contributed by atoms with Crippen molar-refractivity contribution in [1.29, 1.82) is 0 Å². The summed E-state index contributed by atoms with van der Waals surface area (Å²) in [5.74, 6) is 0.160. The molecule has 1 aliphatic rings. The van der Waals surface area contributed by atoms with Crippen LogP contribution in [0.3, 0.4) is 0 Å². The van der Waals surface area contributed by atoms with Gasteiger partial charge in [-0.15, -0.1) is 0 Å². The van der Waals surface area contributed by atoms with Gasteiger partial charge in [-0.3, -0.25) is 9.59 Å². The van der Waals surface area contributed by atoms with E-state index in [1.807, 2.05) is 27.7 Å². The summed E-state index contributed by atoms with van der Waals surface area (Å²) in [5.41, 5.74) is 0. The third-order valence-electron chi connectivity index (χ3n) is 3.46. The zero-order valence-corrected chi connectivity index (χ0v) is 12.5. The predicted molar refractivity (Wildman–Crippen MR) is 75.8 cm³/mol. The molecule has 1 heterocycles. The normalized spacial score (nSPS) is 21.0. The van der Waals surface area contributed by atoms with Gasteiger partial charge < -0.3 is 15.5 Å². The average molecular weight is 269 g/mol. The van der Waals surface area contributed by atoms with Crippen molar-refractivity contribution in [2.24, 2.45) is 0 Å². The molecule has 2 N–H and O–H groups in total. The van der Waals surface area contributed by atoms with Crippen molar-refractivity contribution in [2.45, 2.75) is 65.1 Å². The zero-order valence-electron chi connectivity index (χ0n) is 12.5. The van der Waals surface area contributed by atoms with Crippen LogP contribution in [0.4, 0.5) is 0 Å². The Balaban J connectivity index is 2.31. The van der Waals surface area contributed by atoms with Gasteiger partial charge in [-0.05, 0) is 19.8 Å². The number of rotatable bonds is 7. The van der Waals surface area contributed by atoms with Gasteiger partial charge in [-0.2, -0.15) is 0 Å². The molecule has 2 atom stereocenters. The van der Waals surface area contributed by atoms with E-state index in [4.69, 9.17) is 0 Å². The first-order valence-electron chi connectivity index (χ1n) is 7.28. The first kappa shape index (κ1) is 16.0. The third-order valence-corrected chi connectivity index (χ3v) is 3.46. The van der Waals surface area contributed by atoms with Crippen molar-refractivity contribution >= 4 is 11.8 Å². The molecule has 1 saturated heterocycles. The van der Waals surface area contributed by atoms with Crippen LogP contribution in [0.5, 0.6) is 0 Å². The van der Waals surface area contributed by atoms with E-state index >= 15 is 0 Å². The minimum absolute atomic E-state index is 0.0300. The highest BCUT2D eigenvalue weighted by Crippen LogP contribution is 2.12. The lowest BCUT2D eigenvalue weighted by Crippen LogP contribution is -2.42. The van der Waals surface area contributed by atoms with E-state index < -0.39 is 0 Å². The summed E-state index contributed by atoms with van der Waals surface area (Å²) in [6.07, 6.45) is 2.16. The number of nitrogens with zero attached hydrogens (tertiary/aromatic N) is 1. The van der Waals surface area contributed by atoms with Crippen LogP contribution in [0.1, 0.15) is 47.0 Å². The van der Waals surface area contributed by atoms with Crippen LogP contribution < -0.4 is 10.6 Å². The van der Waals surface area contributed by atoms with Gasteiger partial charge in [0, 0.05) is 31.6 Å². The molecule has 1 rings (SSSR count). The SMILES string of the molecule is CCC(C)NC(=O)CCN1CCC(NC(C)C)C1=O. The summed E-state index contributed by atoms with van der Waals surface area (Å²) in [5, 5.41) is 6.18. The van der Waals surface area contributed by atoms with E-state index in [2.05, 4.69) is 10.6 Å². The second-order valence-electron chi connectivity index (χ2n) is 5.61. The summed E-state index contributed by atoms with van der Waals surface area (Å²) in [7, 11) is 0. The molecule has 0 aromatic rings. The Kier molecular flexibility index (Phi) is 6.28. The molecule has 1 fully saturated rings. The number of hydrogen-bond donors (Lipinski definition) is 2. The van der Waals surface area contributed by atoms with Gasteiger partial charge in [0.1, 0.15) is 0 Å². The van der Waals surface area contributed by atoms with Crippen LogP contribution in [-0.2, 0) is 9.59 Å². The minimum Gasteiger partial charge on any atom is -0.354 e. The van der Waals surface area contributed by atoms with E-state index in [0.717, 1.165) is 19.4 Å². The third kappa shape index (κ3) is 5.19. The fourth-order valence-corrected chi connectivity index (χ4v) is 2.20. The first-order chi connectivity index (χ1) is 8.93. The molecule has 0 spiro atoms. The molecule has 1 aliphatic heterocycles. The fourth-order valence-electron chi connectivity index (χ4n) is 2.20. The maximum absolute atomic E-state index is 12.1. The van der Waals surface area contributed by atoms with Crippen LogP contribution in [0.25, 0.3) is 0 Å². The van der Waals surface area contributed by atoms with Gasteiger partial charge in [0.25, 0.3) is 0 Å². The monoisotopic (exact) mass is 269 g/mol. The number of hydrogen-bond acceptors (Lipinski definition) is 3. The number of likely N-dealkylation sites (tertiary alicyclic amines) is 1. The Bertz CT molecular complexity index is 318. The van der Waals surface area contributed by atoms with Crippen LogP contribution in [0.15, 0.2) is 0 Å². The Hall–Kier alpha value is -1.10. The molecule has 0 aromatic carbocycles. The topological polar surface area (TPSA) is 61.4 Å². The van der Waals surface area contributed by atoms with Gasteiger partial charge in [0.2, 0.25) is 11.8 Å². The zero-order chi connectivity index (χ0) is 14.4. The molecular formula is C14H27N3O2. The van der Waals surface area contributed by atoms with E-state index in [0.29, 0.717) is 19.0 Å². The van der Waals surface area contributed by atoms with Crippen molar-refractivity contribution in [3.63, 3.8) is 0 Å². The molecule has 0 aliphatic carbocycles. The second kappa shape index (κ2) is 7.48. The Morgan fingerprint density at radius 1 is 1.42 bits per heavy atom. The number of amides is 2. The molecule has 0 radical (unpaired) electrons. The number of nitrogens with one attached hydrogen (secondary N) is 2. The predicted octanol–water partition coefficient (Wildman–Crippen LogP) is 0.890. The maximum Gasteiger partial charge on any atom is 0.239 e. The van der Waals surface area contributed by atoms with Crippen LogP contribution in [0, 0.1) is 0 Å². The Morgan fingerprint density at radius 2 is 2.11 bits per heavy atom. The van der Waals surface area contributed by atoms with E-state index in [1.165, 1.54) is 0 Å². The van der Waals surface area contributed by atoms with Gasteiger partial charge >= 0.3 is 0 Å².